The first-order valence-corrected chi connectivity index (χ1v) is 13.3. The van der Waals surface area contributed by atoms with Gasteiger partial charge >= 0.3 is 6.03 Å². The summed E-state index contributed by atoms with van der Waals surface area (Å²) in [6.07, 6.45) is 2.41. The molecule has 3 aromatic carbocycles. The number of aryl methyl sites for hydroxylation is 1. The molecule has 0 atom stereocenters. The van der Waals surface area contributed by atoms with E-state index in [2.05, 4.69) is 15.2 Å². The minimum atomic E-state index is -0.639. The second kappa shape index (κ2) is 11.0. The number of rotatable bonds is 7. The minimum absolute atomic E-state index is 0.109. The Morgan fingerprint density at radius 1 is 1.00 bits per heavy atom. The standard InChI is InChI=1S/C30H26Cl2N4O3/c1-3-19-8-4-6-10-25(19)33-28(37)17-36-29(38)26(34-30(36)39)15-23-18(2)35(27-11-7-5-9-22(23)27)16-20-12-13-21(31)14-24(20)32/h4-15H,3,16-17H2,1-2H3,(H,33,37)(H,34,39)/b26-15+. The lowest BCUT2D eigenvalue weighted by Gasteiger charge is -2.13. The van der Waals surface area contributed by atoms with Crippen LogP contribution in [0.25, 0.3) is 17.0 Å². The molecule has 0 saturated carbocycles. The van der Waals surface area contributed by atoms with Gasteiger partial charge in [-0.3, -0.25) is 9.59 Å². The van der Waals surface area contributed by atoms with Gasteiger partial charge in [-0.25, -0.2) is 9.69 Å². The molecule has 0 spiro atoms. The molecule has 2 heterocycles. The monoisotopic (exact) mass is 560 g/mol. The van der Waals surface area contributed by atoms with E-state index < -0.39 is 24.4 Å². The van der Waals surface area contributed by atoms with Gasteiger partial charge in [0.05, 0.1) is 0 Å². The average molecular weight is 561 g/mol. The van der Waals surface area contributed by atoms with Crippen molar-refractivity contribution in [3.8, 4) is 0 Å². The zero-order valence-corrected chi connectivity index (χ0v) is 22.9. The Labute approximate surface area is 236 Å². The number of nitrogens with one attached hydrogen (secondary N) is 2. The van der Waals surface area contributed by atoms with E-state index in [9.17, 15) is 14.4 Å². The van der Waals surface area contributed by atoms with Crippen LogP contribution in [0.3, 0.4) is 0 Å². The first kappa shape index (κ1) is 26.5. The fraction of sp³-hybridized carbons (Fsp3) is 0.167. The van der Waals surface area contributed by atoms with Crippen molar-refractivity contribution in [1.29, 1.82) is 0 Å². The number of para-hydroxylation sites is 2. The van der Waals surface area contributed by atoms with E-state index in [1.807, 2.05) is 62.4 Å². The van der Waals surface area contributed by atoms with Crippen molar-refractivity contribution in [2.24, 2.45) is 0 Å². The highest BCUT2D eigenvalue weighted by Crippen LogP contribution is 2.31. The topological polar surface area (TPSA) is 83.4 Å². The predicted molar refractivity (Wildman–Crippen MR) is 155 cm³/mol. The summed E-state index contributed by atoms with van der Waals surface area (Å²) in [5.41, 5.74) is 5.28. The van der Waals surface area contributed by atoms with E-state index in [0.717, 1.165) is 44.6 Å². The SMILES string of the molecule is CCc1ccccc1NC(=O)CN1C(=O)N/C(=C/c2c(C)n(Cc3ccc(Cl)cc3Cl)c3ccccc23)C1=O. The third kappa shape index (κ3) is 5.28. The fourth-order valence-electron chi connectivity index (χ4n) is 4.81. The molecule has 1 aliphatic heterocycles. The van der Waals surface area contributed by atoms with Crippen molar-refractivity contribution < 1.29 is 14.4 Å². The lowest BCUT2D eigenvalue weighted by Crippen LogP contribution is -2.38. The van der Waals surface area contributed by atoms with Crippen LogP contribution in [-0.2, 0) is 22.6 Å². The zero-order valence-electron chi connectivity index (χ0n) is 21.4. The van der Waals surface area contributed by atoms with Crippen LogP contribution in [0.1, 0.15) is 29.3 Å². The second-order valence-electron chi connectivity index (χ2n) is 9.28. The van der Waals surface area contributed by atoms with E-state index in [-0.39, 0.29) is 5.70 Å². The average Bonchev–Trinajstić information content (AvgIpc) is 3.33. The van der Waals surface area contributed by atoms with Crippen molar-refractivity contribution >= 4 is 63.7 Å². The van der Waals surface area contributed by atoms with Gasteiger partial charge in [0.25, 0.3) is 5.91 Å². The Kier molecular flexibility index (Phi) is 7.46. The number of imide groups is 1. The molecule has 0 aliphatic carbocycles. The van der Waals surface area contributed by atoms with E-state index in [4.69, 9.17) is 23.2 Å². The summed E-state index contributed by atoms with van der Waals surface area (Å²) in [5, 5.41) is 7.48. The third-order valence-corrected chi connectivity index (χ3v) is 7.44. The molecule has 2 N–H and O–H groups in total. The number of fused-ring (bicyclic) bond motifs is 1. The van der Waals surface area contributed by atoms with Crippen LogP contribution in [0.4, 0.5) is 10.5 Å². The van der Waals surface area contributed by atoms with Crippen LogP contribution in [-0.4, -0.2) is 33.9 Å². The molecule has 1 fully saturated rings. The highest BCUT2D eigenvalue weighted by molar-refractivity contribution is 6.35. The molecule has 0 unspecified atom stereocenters. The Morgan fingerprint density at radius 3 is 2.51 bits per heavy atom. The van der Waals surface area contributed by atoms with Gasteiger partial charge in [0.1, 0.15) is 12.2 Å². The van der Waals surface area contributed by atoms with Crippen LogP contribution in [0, 0.1) is 6.92 Å². The van der Waals surface area contributed by atoms with Gasteiger partial charge < -0.3 is 15.2 Å². The van der Waals surface area contributed by atoms with E-state index in [1.165, 1.54) is 0 Å². The number of benzene rings is 3. The summed E-state index contributed by atoms with van der Waals surface area (Å²) in [7, 11) is 0. The highest BCUT2D eigenvalue weighted by atomic mass is 35.5. The molecule has 198 valence electrons. The number of halogens is 2. The van der Waals surface area contributed by atoms with Crippen LogP contribution >= 0.6 is 23.2 Å². The molecule has 9 heteroatoms. The summed E-state index contributed by atoms with van der Waals surface area (Å²) < 4.78 is 2.11. The minimum Gasteiger partial charge on any atom is -0.340 e. The molecule has 39 heavy (non-hydrogen) atoms. The Morgan fingerprint density at radius 2 is 1.74 bits per heavy atom. The van der Waals surface area contributed by atoms with E-state index in [0.29, 0.717) is 22.3 Å². The molecular weight excluding hydrogens is 535 g/mol. The summed E-state index contributed by atoms with van der Waals surface area (Å²) in [6, 6.07) is 20.0. The Hall–Kier alpha value is -4.07. The summed E-state index contributed by atoms with van der Waals surface area (Å²) in [6.45, 7) is 4.05. The number of amides is 4. The number of hydrogen-bond donors (Lipinski definition) is 2. The zero-order chi connectivity index (χ0) is 27.7. The van der Waals surface area contributed by atoms with Gasteiger partial charge in [0, 0.05) is 44.4 Å². The third-order valence-electron chi connectivity index (χ3n) is 6.85. The largest absolute Gasteiger partial charge is 0.340 e. The summed E-state index contributed by atoms with van der Waals surface area (Å²) in [4.78, 5) is 39.5. The molecule has 4 amide bonds. The van der Waals surface area contributed by atoms with Crippen molar-refractivity contribution in [3.63, 3.8) is 0 Å². The first-order chi connectivity index (χ1) is 18.8. The number of carbonyl (C=O) groups is 3. The molecular formula is C30H26Cl2N4O3. The van der Waals surface area contributed by atoms with E-state index >= 15 is 0 Å². The van der Waals surface area contributed by atoms with Crippen molar-refractivity contribution in [2.45, 2.75) is 26.8 Å². The predicted octanol–water partition coefficient (Wildman–Crippen LogP) is 6.40. The van der Waals surface area contributed by atoms with Gasteiger partial charge in [-0.05, 0) is 54.8 Å². The van der Waals surface area contributed by atoms with Gasteiger partial charge in [-0.1, -0.05) is 72.6 Å². The van der Waals surface area contributed by atoms with E-state index in [1.54, 1.807) is 24.3 Å². The number of urea groups is 1. The molecule has 1 aliphatic rings. The smallest absolute Gasteiger partial charge is 0.329 e. The molecule has 7 nitrogen and oxygen atoms in total. The summed E-state index contributed by atoms with van der Waals surface area (Å²) >= 11 is 12.5. The number of hydrogen-bond acceptors (Lipinski definition) is 3. The van der Waals surface area contributed by atoms with Crippen LogP contribution < -0.4 is 10.6 Å². The van der Waals surface area contributed by atoms with Crippen LogP contribution in [0.15, 0.2) is 72.4 Å². The number of nitrogens with zero attached hydrogens (tertiary/aromatic N) is 2. The van der Waals surface area contributed by atoms with Crippen LogP contribution in [0.2, 0.25) is 10.0 Å². The van der Waals surface area contributed by atoms with Crippen molar-refractivity contribution in [3.05, 3.63) is 105 Å². The lowest BCUT2D eigenvalue weighted by molar-refractivity contribution is -0.127. The molecule has 5 rings (SSSR count). The molecule has 4 aromatic rings. The fourth-order valence-corrected chi connectivity index (χ4v) is 5.28. The lowest BCUT2D eigenvalue weighted by atomic mass is 10.1. The van der Waals surface area contributed by atoms with Crippen molar-refractivity contribution in [2.75, 3.05) is 11.9 Å². The van der Waals surface area contributed by atoms with Crippen molar-refractivity contribution in [1.82, 2.24) is 14.8 Å². The Bertz CT molecular complexity index is 1660. The van der Waals surface area contributed by atoms with Gasteiger partial charge in [0.15, 0.2) is 0 Å². The highest BCUT2D eigenvalue weighted by Gasteiger charge is 2.35. The summed E-state index contributed by atoms with van der Waals surface area (Å²) in [5.74, 6) is -1.01. The molecule has 1 saturated heterocycles. The van der Waals surface area contributed by atoms with Gasteiger partial charge in [0.2, 0.25) is 5.91 Å². The molecule has 1 aromatic heterocycles. The maximum absolute atomic E-state index is 13.2. The number of carbonyl (C=O) groups excluding carboxylic acids is 3. The first-order valence-electron chi connectivity index (χ1n) is 12.5. The number of anilines is 1. The molecule has 0 radical (unpaired) electrons. The number of aromatic nitrogens is 1. The normalized spacial score (nSPS) is 14.4. The maximum atomic E-state index is 13.2. The van der Waals surface area contributed by atoms with Gasteiger partial charge in [-0.15, -0.1) is 0 Å². The quantitative estimate of drug-likeness (QED) is 0.202. The van der Waals surface area contributed by atoms with Crippen LogP contribution in [0.5, 0.6) is 0 Å². The second-order valence-corrected chi connectivity index (χ2v) is 10.1. The molecule has 0 bridgehead atoms. The van der Waals surface area contributed by atoms with Gasteiger partial charge in [-0.2, -0.15) is 0 Å². The maximum Gasteiger partial charge on any atom is 0.329 e. The Balaban J connectivity index is 1.42.